The topological polar surface area (TPSA) is 29.3 Å². The smallest absolute Gasteiger partial charge is 0.0382 e. The van der Waals surface area contributed by atoms with Crippen LogP contribution in [0.1, 0.15) is 65.2 Å². The average molecular weight is 264 g/mol. The van der Waals surface area contributed by atoms with Gasteiger partial charge in [0, 0.05) is 18.6 Å². The maximum absolute atomic E-state index is 6.30. The standard InChI is InChI=1S/C17H32N2/c1-16(2)9-5-10-17(16,13-18)19-11-8-14-6-3-4-7-15(14)12-19/h14-15H,3-13,18H2,1-2H3. The maximum Gasteiger partial charge on any atom is 0.0382 e. The molecule has 0 aromatic heterocycles. The zero-order valence-corrected chi connectivity index (χ0v) is 13.0. The van der Waals surface area contributed by atoms with Crippen LogP contribution in [0.5, 0.6) is 0 Å². The Hall–Kier alpha value is -0.0800. The van der Waals surface area contributed by atoms with E-state index in [0.717, 1.165) is 18.4 Å². The Morgan fingerprint density at radius 1 is 1.00 bits per heavy atom. The van der Waals surface area contributed by atoms with Crippen LogP contribution in [0.15, 0.2) is 0 Å². The molecule has 0 aromatic rings. The van der Waals surface area contributed by atoms with Gasteiger partial charge in [-0.15, -0.1) is 0 Å². The number of nitrogens with zero attached hydrogens (tertiary/aromatic N) is 1. The predicted molar refractivity (Wildman–Crippen MR) is 81.1 cm³/mol. The van der Waals surface area contributed by atoms with Gasteiger partial charge in [-0.25, -0.2) is 0 Å². The molecule has 1 aliphatic heterocycles. The third-order valence-corrected chi connectivity index (χ3v) is 6.89. The van der Waals surface area contributed by atoms with Crippen molar-refractivity contribution < 1.29 is 0 Å². The van der Waals surface area contributed by atoms with Gasteiger partial charge in [-0.1, -0.05) is 39.5 Å². The summed E-state index contributed by atoms with van der Waals surface area (Å²) in [6.07, 6.45) is 11.4. The number of piperidine rings is 1. The van der Waals surface area contributed by atoms with Crippen LogP contribution in [-0.4, -0.2) is 30.1 Å². The Labute approximate surface area is 119 Å². The van der Waals surface area contributed by atoms with Crippen molar-refractivity contribution in [2.75, 3.05) is 19.6 Å². The fourth-order valence-electron chi connectivity index (χ4n) is 5.48. The molecule has 3 aliphatic rings. The number of likely N-dealkylation sites (tertiary alicyclic amines) is 1. The lowest BCUT2D eigenvalue weighted by molar-refractivity contribution is -0.0395. The van der Waals surface area contributed by atoms with Crippen molar-refractivity contribution in [2.45, 2.75) is 70.8 Å². The van der Waals surface area contributed by atoms with Gasteiger partial charge >= 0.3 is 0 Å². The molecular formula is C17H32N2. The second-order valence-corrected chi connectivity index (χ2v) is 8.01. The predicted octanol–water partition coefficient (Wildman–Crippen LogP) is 3.41. The molecular weight excluding hydrogens is 232 g/mol. The van der Waals surface area contributed by atoms with Crippen molar-refractivity contribution in [1.29, 1.82) is 0 Å². The first kappa shape index (κ1) is 13.9. The second-order valence-electron chi connectivity index (χ2n) is 8.01. The van der Waals surface area contributed by atoms with Gasteiger partial charge in [0.15, 0.2) is 0 Å². The Balaban J connectivity index is 1.78. The number of hydrogen-bond donors (Lipinski definition) is 1. The van der Waals surface area contributed by atoms with Crippen molar-refractivity contribution in [3.05, 3.63) is 0 Å². The van der Waals surface area contributed by atoms with Crippen molar-refractivity contribution in [1.82, 2.24) is 4.90 Å². The van der Waals surface area contributed by atoms with E-state index in [9.17, 15) is 0 Å². The van der Waals surface area contributed by atoms with Crippen molar-refractivity contribution in [3.63, 3.8) is 0 Å². The van der Waals surface area contributed by atoms with Gasteiger partial charge in [0.1, 0.15) is 0 Å². The molecule has 2 heteroatoms. The summed E-state index contributed by atoms with van der Waals surface area (Å²) in [7, 11) is 0. The largest absolute Gasteiger partial charge is 0.329 e. The first-order chi connectivity index (χ1) is 9.09. The highest BCUT2D eigenvalue weighted by atomic mass is 15.2. The fourth-order valence-corrected chi connectivity index (χ4v) is 5.48. The zero-order chi connectivity index (χ0) is 13.5. The van der Waals surface area contributed by atoms with Crippen LogP contribution in [0.25, 0.3) is 0 Å². The lowest BCUT2D eigenvalue weighted by Gasteiger charge is -2.54. The fraction of sp³-hybridized carbons (Fsp3) is 1.00. The van der Waals surface area contributed by atoms with Crippen LogP contribution in [0, 0.1) is 17.3 Å². The molecule has 1 saturated heterocycles. The molecule has 3 unspecified atom stereocenters. The molecule has 0 radical (unpaired) electrons. The Kier molecular flexibility index (Phi) is 3.68. The van der Waals surface area contributed by atoms with Gasteiger partial charge in [-0.3, -0.25) is 4.90 Å². The summed E-state index contributed by atoms with van der Waals surface area (Å²) < 4.78 is 0. The van der Waals surface area contributed by atoms with Crippen LogP contribution in [0.2, 0.25) is 0 Å². The SMILES string of the molecule is CC1(C)CCCC1(CN)N1CCC2CCCCC2C1. The van der Waals surface area contributed by atoms with Crippen LogP contribution in [-0.2, 0) is 0 Å². The normalized spacial score (nSPS) is 43.1. The third-order valence-electron chi connectivity index (χ3n) is 6.89. The monoisotopic (exact) mass is 264 g/mol. The van der Waals surface area contributed by atoms with Crippen molar-refractivity contribution in [3.8, 4) is 0 Å². The lowest BCUT2D eigenvalue weighted by atomic mass is 9.69. The second kappa shape index (κ2) is 5.04. The van der Waals surface area contributed by atoms with Crippen molar-refractivity contribution >= 4 is 0 Å². The first-order valence-electron chi connectivity index (χ1n) is 8.54. The van der Waals surface area contributed by atoms with Gasteiger partial charge in [0.2, 0.25) is 0 Å². The number of rotatable bonds is 2. The lowest BCUT2D eigenvalue weighted by Crippen LogP contribution is -2.63. The molecule has 110 valence electrons. The first-order valence-corrected chi connectivity index (χ1v) is 8.54. The molecule has 2 aliphatic carbocycles. The van der Waals surface area contributed by atoms with Crippen molar-refractivity contribution in [2.24, 2.45) is 23.0 Å². The molecule has 3 atom stereocenters. The maximum atomic E-state index is 6.30. The summed E-state index contributed by atoms with van der Waals surface area (Å²) in [6.45, 7) is 8.42. The van der Waals surface area contributed by atoms with Gasteiger partial charge in [-0.05, 0) is 49.5 Å². The van der Waals surface area contributed by atoms with E-state index in [-0.39, 0.29) is 0 Å². The van der Waals surface area contributed by atoms with Crippen LogP contribution < -0.4 is 5.73 Å². The van der Waals surface area contributed by atoms with Gasteiger partial charge in [-0.2, -0.15) is 0 Å². The molecule has 0 aromatic carbocycles. The van der Waals surface area contributed by atoms with E-state index in [1.807, 2.05) is 0 Å². The van der Waals surface area contributed by atoms with E-state index in [1.54, 1.807) is 0 Å². The van der Waals surface area contributed by atoms with Gasteiger partial charge in [0.25, 0.3) is 0 Å². The minimum absolute atomic E-state index is 0.301. The number of hydrogen-bond acceptors (Lipinski definition) is 2. The van der Waals surface area contributed by atoms with E-state index in [1.165, 1.54) is 64.5 Å². The summed E-state index contributed by atoms with van der Waals surface area (Å²) in [5, 5.41) is 0. The average Bonchev–Trinajstić information content (AvgIpc) is 2.74. The van der Waals surface area contributed by atoms with Gasteiger partial charge < -0.3 is 5.73 Å². The van der Waals surface area contributed by atoms with Crippen LogP contribution >= 0.6 is 0 Å². The summed E-state index contributed by atoms with van der Waals surface area (Å²) in [4.78, 5) is 2.83. The zero-order valence-electron chi connectivity index (χ0n) is 13.0. The Morgan fingerprint density at radius 3 is 2.37 bits per heavy atom. The molecule has 19 heavy (non-hydrogen) atoms. The van der Waals surface area contributed by atoms with E-state index in [2.05, 4.69) is 18.7 Å². The molecule has 1 heterocycles. The van der Waals surface area contributed by atoms with E-state index < -0.39 is 0 Å². The van der Waals surface area contributed by atoms with E-state index >= 15 is 0 Å². The molecule has 2 N–H and O–H groups in total. The van der Waals surface area contributed by atoms with Gasteiger partial charge in [0.05, 0.1) is 0 Å². The third kappa shape index (κ3) is 2.15. The molecule has 0 spiro atoms. The van der Waals surface area contributed by atoms with Crippen LogP contribution in [0.4, 0.5) is 0 Å². The van der Waals surface area contributed by atoms with E-state index in [0.29, 0.717) is 11.0 Å². The molecule has 2 saturated carbocycles. The molecule has 0 bridgehead atoms. The minimum atomic E-state index is 0.301. The summed E-state index contributed by atoms with van der Waals surface area (Å²) in [5.74, 6) is 2.01. The summed E-state index contributed by atoms with van der Waals surface area (Å²) in [5.41, 5.74) is 7.01. The Bertz CT molecular complexity index is 325. The highest BCUT2D eigenvalue weighted by Crippen LogP contribution is 2.51. The molecule has 2 nitrogen and oxygen atoms in total. The highest BCUT2D eigenvalue weighted by molar-refractivity contribution is 5.08. The quantitative estimate of drug-likeness (QED) is 0.828. The Morgan fingerprint density at radius 2 is 1.74 bits per heavy atom. The molecule has 3 fully saturated rings. The highest BCUT2D eigenvalue weighted by Gasteiger charge is 2.52. The minimum Gasteiger partial charge on any atom is -0.329 e. The number of nitrogens with two attached hydrogens (primary N) is 1. The summed E-state index contributed by atoms with van der Waals surface area (Å²) in [6, 6.07) is 0. The molecule has 0 amide bonds. The van der Waals surface area contributed by atoms with Crippen LogP contribution in [0.3, 0.4) is 0 Å². The molecule has 3 rings (SSSR count). The van der Waals surface area contributed by atoms with E-state index in [4.69, 9.17) is 5.73 Å². The number of fused-ring (bicyclic) bond motifs is 1. The summed E-state index contributed by atoms with van der Waals surface area (Å²) >= 11 is 0.